The van der Waals surface area contributed by atoms with Gasteiger partial charge in [-0.05, 0) is 13.0 Å². The molecule has 0 aliphatic rings. The van der Waals surface area contributed by atoms with E-state index in [1.54, 1.807) is 6.20 Å². The molecule has 0 aliphatic heterocycles. The van der Waals surface area contributed by atoms with Gasteiger partial charge in [0.1, 0.15) is 11.1 Å². The van der Waals surface area contributed by atoms with Gasteiger partial charge in [0.25, 0.3) is 0 Å². The Labute approximate surface area is 161 Å². The van der Waals surface area contributed by atoms with E-state index in [1.165, 1.54) is 16.9 Å². The summed E-state index contributed by atoms with van der Waals surface area (Å²) in [5, 5.41) is 19.5. The molecule has 4 nitrogen and oxygen atoms in total. The molecule has 4 aromatic rings. The SMILES string of the molecule is Cc1ccc(-c2csc(/C(C#N)=C/c3cn[nH]c3-c3ccccc3)n2)cc1. The zero-order chi connectivity index (χ0) is 18.6. The molecule has 1 N–H and O–H groups in total. The minimum absolute atomic E-state index is 0.525. The van der Waals surface area contributed by atoms with Crippen molar-refractivity contribution in [2.75, 3.05) is 0 Å². The largest absolute Gasteiger partial charge is 0.277 e. The van der Waals surface area contributed by atoms with E-state index in [2.05, 4.69) is 40.3 Å². The standard InChI is InChI=1S/C22H16N4S/c1-15-7-9-16(10-8-15)20-14-27-22(25-20)18(12-23)11-19-13-24-26-21(19)17-5-3-2-4-6-17/h2-11,13-14H,1H3,(H,24,26)/b18-11+. The molecule has 0 spiro atoms. The Balaban J connectivity index is 1.69. The number of nitrogens with one attached hydrogen (secondary N) is 1. The number of allylic oxidation sites excluding steroid dienone is 1. The molecule has 0 bridgehead atoms. The number of hydrogen-bond donors (Lipinski definition) is 1. The molecule has 5 heteroatoms. The second-order valence-corrected chi connectivity index (χ2v) is 7.00. The Morgan fingerprint density at radius 2 is 1.85 bits per heavy atom. The zero-order valence-corrected chi connectivity index (χ0v) is 15.5. The first-order valence-corrected chi connectivity index (χ1v) is 9.36. The van der Waals surface area contributed by atoms with Crippen LogP contribution in [-0.4, -0.2) is 15.2 Å². The molecule has 4 rings (SSSR count). The highest BCUT2D eigenvalue weighted by Gasteiger charge is 2.12. The van der Waals surface area contributed by atoms with Gasteiger partial charge in [0.05, 0.1) is 23.2 Å². The van der Waals surface area contributed by atoms with Crippen LogP contribution in [0.15, 0.2) is 66.2 Å². The van der Waals surface area contributed by atoms with Gasteiger partial charge in [0.15, 0.2) is 0 Å². The molecule has 0 atom stereocenters. The third kappa shape index (κ3) is 3.57. The summed E-state index contributed by atoms with van der Waals surface area (Å²) in [6.45, 7) is 2.06. The van der Waals surface area contributed by atoms with Gasteiger partial charge in [-0.15, -0.1) is 11.3 Å². The lowest BCUT2D eigenvalue weighted by Gasteiger charge is -2.00. The molecule has 27 heavy (non-hydrogen) atoms. The van der Waals surface area contributed by atoms with Crippen LogP contribution in [-0.2, 0) is 0 Å². The molecule has 0 saturated carbocycles. The van der Waals surface area contributed by atoms with Crippen LogP contribution < -0.4 is 0 Å². The molecule has 2 aromatic carbocycles. The van der Waals surface area contributed by atoms with E-state index in [4.69, 9.17) is 0 Å². The highest BCUT2D eigenvalue weighted by Crippen LogP contribution is 2.29. The molecule has 2 aromatic heterocycles. The summed E-state index contributed by atoms with van der Waals surface area (Å²) in [6, 6.07) is 20.4. The topological polar surface area (TPSA) is 65.4 Å². The zero-order valence-electron chi connectivity index (χ0n) is 14.7. The molecule has 2 heterocycles. The van der Waals surface area contributed by atoms with E-state index in [1.807, 2.05) is 53.9 Å². The second kappa shape index (κ2) is 7.40. The van der Waals surface area contributed by atoms with Crippen LogP contribution in [0.2, 0.25) is 0 Å². The fourth-order valence-corrected chi connectivity index (χ4v) is 3.59. The third-order valence-corrected chi connectivity index (χ3v) is 5.11. The summed E-state index contributed by atoms with van der Waals surface area (Å²) in [4.78, 5) is 4.66. The maximum Gasteiger partial charge on any atom is 0.134 e. The summed E-state index contributed by atoms with van der Waals surface area (Å²) in [7, 11) is 0. The molecule has 130 valence electrons. The number of nitrogens with zero attached hydrogens (tertiary/aromatic N) is 3. The molecule has 0 radical (unpaired) electrons. The van der Waals surface area contributed by atoms with Crippen LogP contribution in [0, 0.1) is 18.3 Å². The number of aromatic amines is 1. The molecular weight excluding hydrogens is 352 g/mol. The van der Waals surface area contributed by atoms with Gasteiger partial charge < -0.3 is 0 Å². The van der Waals surface area contributed by atoms with Gasteiger partial charge >= 0.3 is 0 Å². The van der Waals surface area contributed by atoms with Crippen molar-refractivity contribution in [2.24, 2.45) is 0 Å². The molecule has 0 amide bonds. The Morgan fingerprint density at radius 3 is 2.59 bits per heavy atom. The summed E-state index contributed by atoms with van der Waals surface area (Å²) < 4.78 is 0. The van der Waals surface area contributed by atoms with Crippen molar-refractivity contribution in [1.82, 2.24) is 15.2 Å². The lowest BCUT2D eigenvalue weighted by molar-refractivity contribution is 1.10. The van der Waals surface area contributed by atoms with Crippen LogP contribution in [0.1, 0.15) is 16.1 Å². The molecular formula is C22H16N4S. The average molecular weight is 368 g/mol. The first-order valence-electron chi connectivity index (χ1n) is 8.48. The van der Waals surface area contributed by atoms with Crippen molar-refractivity contribution >= 4 is 23.0 Å². The average Bonchev–Trinajstić information content (AvgIpc) is 3.37. The van der Waals surface area contributed by atoms with Crippen molar-refractivity contribution < 1.29 is 0 Å². The van der Waals surface area contributed by atoms with Crippen LogP contribution in [0.5, 0.6) is 0 Å². The minimum Gasteiger partial charge on any atom is -0.277 e. The van der Waals surface area contributed by atoms with Crippen molar-refractivity contribution in [3.05, 3.63) is 82.3 Å². The normalized spacial score (nSPS) is 11.3. The predicted molar refractivity (Wildman–Crippen MR) is 110 cm³/mol. The number of hydrogen-bond acceptors (Lipinski definition) is 4. The summed E-state index contributed by atoms with van der Waals surface area (Å²) >= 11 is 1.47. The quantitative estimate of drug-likeness (QED) is 0.479. The smallest absolute Gasteiger partial charge is 0.134 e. The minimum atomic E-state index is 0.525. The fourth-order valence-electron chi connectivity index (χ4n) is 2.79. The Bertz CT molecular complexity index is 1130. The van der Waals surface area contributed by atoms with Crippen LogP contribution >= 0.6 is 11.3 Å². The lowest BCUT2D eigenvalue weighted by atomic mass is 10.1. The van der Waals surface area contributed by atoms with Crippen molar-refractivity contribution in [3.63, 3.8) is 0 Å². The monoisotopic (exact) mass is 368 g/mol. The van der Waals surface area contributed by atoms with Gasteiger partial charge in [0, 0.05) is 22.1 Å². The molecule has 0 aliphatic carbocycles. The highest BCUT2D eigenvalue weighted by atomic mass is 32.1. The molecule has 0 saturated heterocycles. The van der Waals surface area contributed by atoms with Crippen LogP contribution in [0.4, 0.5) is 0 Å². The summed E-state index contributed by atoms with van der Waals surface area (Å²) in [5.74, 6) is 0. The van der Waals surface area contributed by atoms with Gasteiger partial charge in [-0.25, -0.2) is 4.98 Å². The van der Waals surface area contributed by atoms with Gasteiger partial charge in [-0.2, -0.15) is 10.4 Å². The second-order valence-electron chi connectivity index (χ2n) is 6.14. The number of H-pyrrole nitrogens is 1. The maximum absolute atomic E-state index is 9.67. The number of thiazole rings is 1. The van der Waals surface area contributed by atoms with E-state index < -0.39 is 0 Å². The van der Waals surface area contributed by atoms with Crippen molar-refractivity contribution in [2.45, 2.75) is 6.92 Å². The van der Waals surface area contributed by atoms with E-state index in [-0.39, 0.29) is 0 Å². The number of rotatable bonds is 4. The Kier molecular flexibility index (Phi) is 4.65. The first-order chi connectivity index (χ1) is 13.2. The van der Waals surface area contributed by atoms with E-state index in [9.17, 15) is 5.26 Å². The van der Waals surface area contributed by atoms with Gasteiger partial charge in [-0.1, -0.05) is 60.2 Å². The van der Waals surface area contributed by atoms with Crippen LogP contribution in [0.3, 0.4) is 0 Å². The van der Waals surface area contributed by atoms with Gasteiger partial charge in [0.2, 0.25) is 0 Å². The number of nitriles is 1. The number of aryl methyl sites for hydroxylation is 1. The number of benzene rings is 2. The maximum atomic E-state index is 9.67. The van der Waals surface area contributed by atoms with E-state index in [0.29, 0.717) is 10.6 Å². The van der Waals surface area contributed by atoms with E-state index >= 15 is 0 Å². The van der Waals surface area contributed by atoms with Crippen molar-refractivity contribution in [1.29, 1.82) is 5.26 Å². The van der Waals surface area contributed by atoms with Gasteiger partial charge in [-0.3, -0.25) is 5.10 Å². The molecule has 0 fully saturated rings. The van der Waals surface area contributed by atoms with Crippen molar-refractivity contribution in [3.8, 4) is 28.6 Å². The number of aromatic nitrogens is 3. The highest BCUT2D eigenvalue weighted by molar-refractivity contribution is 7.11. The Hall–Kier alpha value is -3.49. The predicted octanol–water partition coefficient (Wildman–Crippen LogP) is 5.57. The lowest BCUT2D eigenvalue weighted by Crippen LogP contribution is -1.84. The Morgan fingerprint density at radius 1 is 1.07 bits per heavy atom. The first kappa shape index (κ1) is 17.0. The summed E-state index contributed by atoms with van der Waals surface area (Å²) in [5.41, 5.74) is 6.44. The molecule has 0 unspecified atom stereocenters. The van der Waals surface area contributed by atoms with Crippen LogP contribution in [0.25, 0.3) is 34.2 Å². The summed E-state index contributed by atoms with van der Waals surface area (Å²) in [6.07, 6.45) is 3.57. The third-order valence-electron chi connectivity index (χ3n) is 4.23. The van der Waals surface area contributed by atoms with E-state index in [0.717, 1.165) is 28.1 Å². The fraction of sp³-hybridized carbons (Fsp3) is 0.0455.